The molecular weight excluding hydrogens is 146 g/mol. The fourth-order valence-electron chi connectivity index (χ4n) is 1.24. The van der Waals surface area contributed by atoms with Gasteiger partial charge in [-0.1, -0.05) is 30.4 Å². The van der Waals surface area contributed by atoms with Gasteiger partial charge < -0.3 is 5.32 Å². The number of allylic oxidation sites excluding steroid dienone is 3. The monoisotopic (exact) mass is 157 g/mol. The summed E-state index contributed by atoms with van der Waals surface area (Å²) in [6.45, 7) is 0. The maximum atomic E-state index is 3.32. The first-order chi connectivity index (χ1) is 5.95. The van der Waals surface area contributed by atoms with E-state index in [9.17, 15) is 0 Å². The van der Waals surface area contributed by atoms with Crippen LogP contribution >= 0.6 is 0 Å². The minimum absolute atomic E-state index is 1.05. The lowest BCUT2D eigenvalue weighted by Gasteiger charge is -2.03. The van der Waals surface area contributed by atoms with Crippen LogP contribution in [0.25, 0.3) is 0 Å². The molecule has 0 radical (unpaired) electrons. The summed E-state index contributed by atoms with van der Waals surface area (Å²) in [5, 5.41) is 3.32. The molecule has 0 atom stereocenters. The van der Waals surface area contributed by atoms with Gasteiger partial charge in [-0.25, -0.2) is 0 Å². The average molecular weight is 157 g/mol. The van der Waals surface area contributed by atoms with Gasteiger partial charge in [0.15, 0.2) is 0 Å². The highest BCUT2D eigenvalue weighted by atomic mass is 14.9. The van der Waals surface area contributed by atoms with Gasteiger partial charge >= 0.3 is 0 Å². The lowest BCUT2D eigenvalue weighted by molar-refractivity contribution is 1.41. The summed E-state index contributed by atoms with van der Waals surface area (Å²) in [6.07, 6.45) is 7.47. The molecule has 0 spiro atoms. The fraction of sp³-hybridized carbons (Fsp3) is 0.0909. The molecule has 0 bridgehead atoms. The van der Waals surface area contributed by atoms with Crippen LogP contribution in [0, 0.1) is 0 Å². The van der Waals surface area contributed by atoms with Crippen molar-refractivity contribution >= 4 is 5.69 Å². The zero-order valence-corrected chi connectivity index (χ0v) is 6.83. The molecule has 1 aliphatic rings. The molecule has 12 heavy (non-hydrogen) atoms. The van der Waals surface area contributed by atoms with E-state index < -0.39 is 0 Å². The largest absolute Gasteiger partial charge is 0.356 e. The molecule has 0 aromatic heterocycles. The predicted molar refractivity (Wildman–Crippen MR) is 51.9 cm³/mol. The van der Waals surface area contributed by atoms with Gasteiger partial charge in [-0.05, 0) is 24.6 Å². The number of rotatable bonds is 2. The molecule has 0 heterocycles. The first kappa shape index (κ1) is 7.17. The molecule has 1 aromatic carbocycles. The average Bonchev–Trinajstić information content (AvgIpc) is 2.59. The van der Waals surface area contributed by atoms with E-state index in [1.54, 1.807) is 0 Å². The van der Waals surface area contributed by atoms with Crippen LogP contribution in [0.1, 0.15) is 6.42 Å². The fourth-order valence-corrected chi connectivity index (χ4v) is 1.24. The third-order valence-electron chi connectivity index (χ3n) is 1.83. The van der Waals surface area contributed by atoms with Gasteiger partial charge in [0.25, 0.3) is 0 Å². The van der Waals surface area contributed by atoms with Gasteiger partial charge in [-0.3, -0.25) is 0 Å². The van der Waals surface area contributed by atoms with E-state index in [0.717, 1.165) is 12.1 Å². The molecule has 1 aromatic rings. The summed E-state index contributed by atoms with van der Waals surface area (Å²) in [5.41, 5.74) is 2.34. The maximum Gasteiger partial charge on any atom is 0.0384 e. The SMILES string of the molecule is C1=CC(Nc2ccccc2)=CC1. The van der Waals surface area contributed by atoms with Crippen molar-refractivity contribution < 1.29 is 0 Å². The van der Waals surface area contributed by atoms with Crippen molar-refractivity contribution in [2.45, 2.75) is 6.42 Å². The van der Waals surface area contributed by atoms with Gasteiger partial charge in [0.2, 0.25) is 0 Å². The Kier molecular flexibility index (Phi) is 1.95. The highest BCUT2D eigenvalue weighted by molar-refractivity contribution is 5.51. The Morgan fingerprint density at radius 3 is 2.58 bits per heavy atom. The van der Waals surface area contributed by atoms with E-state index in [-0.39, 0.29) is 0 Å². The Balaban J connectivity index is 2.09. The Hall–Kier alpha value is -1.50. The van der Waals surface area contributed by atoms with E-state index in [1.807, 2.05) is 18.2 Å². The van der Waals surface area contributed by atoms with Crippen molar-refractivity contribution in [2.24, 2.45) is 0 Å². The molecule has 0 saturated heterocycles. The molecule has 0 amide bonds. The first-order valence-corrected chi connectivity index (χ1v) is 4.14. The summed E-state index contributed by atoms with van der Waals surface area (Å²) < 4.78 is 0. The quantitative estimate of drug-likeness (QED) is 0.696. The van der Waals surface area contributed by atoms with Crippen molar-refractivity contribution in [3.63, 3.8) is 0 Å². The molecule has 0 unspecified atom stereocenters. The third kappa shape index (κ3) is 1.56. The van der Waals surface area contributed by atoms with Crippen LogP contribution in [0.2, 0.25) is 0 Å². The van der Waals surface area contributed by atoms with E-state index in [2.05, 4.69) is 35.7 Å². The van der Waals surface area contributed by atoms with E-state index in [4.69, 9.17) is 0 Å². The second-order valence-corrected chi connectivity index (χ2v) is 2.79. The van der Waals surface area contributed by atoms with E-state index >= 15 is 0 Å². The molecule has 1 nitrogen and oxygen atoms in total. The zero-order valence-electron chi connectivity index (χ0n) is 6.83. The highest BCUT2D eigenvalue weighted by Gasteiger charge is 1.96. The van der Waals surface area contributed by atoms with Crippen molar-refractivity contribution in [1.29, 1.82) is 0 Å². The summed E-state index contributed by atoms with van der Waals surface area (Å²) in [7, 11) is 0. The third-order valence-corrected chi connectivity index (χ3v) is 1.83. The smallest absolute Gasteiger partial charge is 0.0384 e. The standard InChI is InChI=1S/C11H11N/c1-2-6-10(7-3-1)12-11-8-4-5-9-11/h1-4,6-9,12H,5H2. The molecule has 1 N–H and O–H groups in total. The van der Waals surface area contributed by atoms with Crippen LogP contribution < -0.4 is 5.32 Å². The molecule has 0 fully saturated rings. The predicted octanol–water partition coefficient (Wildman–Crippen LogP) is 2.94. The van der Waals surface area contributed by atoms with E-state index in [1.165, 1.54) is 5.70 Å². The number of anilines is 1. The normalized spacial score (nSPS) is 14.5. The van der Waals surface area contributed by atoms with Crippen molar-refractivity contribution in [1.82, 2.24) is 0 Å². The second-order valence-electron chi connectivity index (χ2n) is 2.79. The van der Waals surface area contributed by atoms with Gasteiger partial charge in [0.05, 0.1) is 0 Å². The van der Waals surface area contributed by atoms with Crippen LogP contribution in [-0.4, -0.2) is 0 Å². The highest BCUT2D eigenvalue weighted by Crippen LogP contribution is 2.13. The number of hydrogen-bond acceptors (Lipinski definition) is 1. The molecular formula is C11H11N. The van der Waals surface area contributed by atoms with Crippen LogP contribution in [0.4, 0.5) is 5.69 Å². The molecule has 2 rings (SSSR count). The number of nitrogens with one attached hydrogen (secondary N) is 1. The molecule has 1 aliphatic carbocycles. The van der Waals surface area contributed by atoms with Gasteiger partial charge in [-0.15, -0.1) is 0 Å². The van der Waals surface area contributed by atoms with Crippen molar-refractivity contribution in [3.8, 4) is 0 Å². The van der Waals surface area contributed by atoms with Crippen LogP contribution in [0.5, 0.6) is 0 Å². The second kappa shape index (κ2) is 3.26. The summed E-state index contributed by atoms with van der Waals surface area (Å²) in [4.78, 5) is 0. The number of para-hydroxylation sites is 1. The van der Waals surface area contributed by atoms with Crippen LogP contribution in [0.3, 0.4) is 0 Å². The lowest BCUT2D eigenvalue weighted by Crippen LogP contribution is -1.93. The summed E-state index contributed by atoms with van der Waals surface area (Å²) in [5.74, 6) is 0. The Bertz CT molecular complexity index is 309. The molecule has 0 aliphatic heterocycles. The molecule has 0 saturated carbocycles. The van der Waals surface area contributed by atoms with Crippen LogP contribution in [0.15, 0.2) is 54.3 Å². The molecule has 1 heteroatoms. The van der Waals surface area contributed by atoms with Crippen molar-refractivity contribution in [2.75, 3.05) is 5.32 Å². The summed E-state index contributed by atoms with van der Waals surface area (Å²) >= 11 is 0. The summed E-state index contributed by atoms with van der Waals surface area (Å²) in [6, 6.07) is 10.2. The van der Waals surface area contributed by atoms with Crippen LogP contribution in [-0.2, 0) is 0 Å². The Labute approximate surface area is 72.4 Å². The number of benzene rings is 1. The van der Waals surface area contributed by atoms with Gasteiger partial charge in [-0.2, -0.15) is 0 Å². The lowest BCUT2D eigenvalue weighted by atomic mass is 10.3. The van der Waals surface area contributed by atoms with Gasteiger partial charge in [0.1, 0.15) is 0 Å². The Morgan fingerprint density at radius 1 is 1.08 bits per heavy atom. The number of hydrogen-bond donors (Lipinski definition) is 1. The molecule has 60 valence electrons. The van der Waals surface area contributed by atoms with E-state index in [0.29, 0.717) is 0 Å². The first-order valence-electron chi connectivity index (χ1n) is 4.14. The van der Waals surface area contributed by atoms with Crippen molar-refractivity contribution in [3.05, 3.63) is 54.3 Å². The van der Waals surface area contributed by atoms with Gasteiger partial charge in [0, 0.05) is 11.4 Å². The zero-order chi connectivity index (χ0) is 8.23. The maximum absolute atomic E-state index is 3.32. The minimum atomic E-state index is 1.05. The topological polar surface area (TPSA) is 12.0 Å². The Morgan fingerprint density at radius 2 is 1.92 bits per heavy atom. The minimum Gasteiger partial charge on any atom is -0.356 e.